The van der Waals surface area contributed by atoms with Gasteiger partial charge in [-0.2, -0.15) is 0 Å². The Morgan fingerprint density at radius 3 is 2.08 bits per heavy atom. The van der Waals surface area contributed by atoms with Gasteiger partial charge in [0.05, 0.1) is 16.1 Å². The minimum Gasteiger partial charge on any atom is -0.478 e. The standard InChI is InChI=1S/C15H12Cl3NO4S/c1-7-3-9(16)4-13(14(7)15(20)21)19-24(22,23)10-5-11(17)8(2)12(18)6-10/h3-6,19H,1-2H3,(H,20,21). The lowest BCUT2D eigenvalue weighted by atomic mass is 10.1. The highest BCUT2D eigenvalue weighted by Crippen LogP contribution is 2.31. The highest BCUT2D eigenvalue weighted by molar-refractivity contribution is 7.92. The van der Waals surface area contributed by atoms with Crippen molar-refractivity contribution in [1.29, 1.82) is 0 Å². The van der Waals surface area contributed by atoms with Crippen LogP contribution in [0.25, 0.3) is 0 Å². The van der Waals surface area contributed by atoms with Crippen LogP contribution in [0.1, 0.15) is 21.5 Å². The van der Waals surface area contributed by atoms with Crippen molar-refractivity contribution in [2.45, 2.75) is 18.7 Å². The summed E-state index contributed by atoms with van der Waals surface area (Å²) in [5.41, 5.74) is 0.544. The Morgan fingerprint density at radius 1 is 1.04 bits per heavy atom. The van der Waals surface area contributed by atoms with Crippen LogP contribution in [-0.4, -0.2) is 19.5 Å². The van der Waals surface area contributed by atoms with E-state index in [2.05, 4.69) is 4.72 Å². The third kappa shape index (κ3) is 3.78. The van der Waals surface area contributed by atoms with E-state index in [0.29, 0.717) is 11.1 Å². The van der Waals surface area contributed by atoms with Gasteiger partial charge in [0.25, 0.3) is 10.0 Å². The first-order valence-corrected chi connectivity index (χ1v) is 9.16. The molecule has 0 radical (unpaired) electrons. The van der Waals surface area contributed by atoms with Crippen molar-refractivity contribution >= 4 is 56.5 Å². The molecule has 0 bridgehead atoms. The number of sulfonamides is 1. The number of benzene rings is 2. The zero-order valence-corrected chi connectivity index (χ0v) is 15.6. The summed E-state index contributed by atoms with van der Waals surface area (Å²) in [4.78, 5) is 11.2. The van der Waals surface area contributed by atoms with Gasteiger partial charge in [-0.25, -0.2) is 13.2 Å². The molecule has 5 nitrogen and oxygen atoms in total. The minimum atomic E-state index is -4.11. The first-order chi connectivity index (χ1) is 11.0. The summed E-state index contributed by atoms with van der Waals surface area (Å²) < 4.78 is 27.3. The Bertz CT molecular complexity index is 919. The molecule has 0 aliphatic rings. The summed E-state index contributed by atoms with van der Waals surface area (Å²) in [6.07, 6.45) is 0. The van der Waals surface area contributed by atoms with E-state index in [0.717, 1.165) is 0 Å². The third-order valence-corrected chi connectivity index (χ3v) is 5.67. The molecule has 2 rings (SSSR count). The topological polar surface area (TPSA) is 83.5 Å². The number of hydrogen-bond donors (Lipinski definition) is 2. The van der Waals surface area contributed by atoms with E-state index in [1.807, 2.05) is 0 Å². The van der Waals surface area contributed by atoms with Gasteiger partial charge in [-0.05, 0) is 49.2 Å². The van der Waals surface area contributed by atoms with Gasteiger partial charge in [0.15, 0.2) is 0 Å². The van der Waals surface area contributed by atoms with Gasteiger partial charge in [0.1, 0.15) is 0 Å². The molecule has 9 heteroatoms. The number of carbonyl (C=O) groups is 1. The molecule has 0 saturated carbocycles. The van der Waals surface area contributed by atoms with Crippen LogP contribution in [0.5, 0.6) is 0 Å². The Morgan fingerprint density at radius 2 is 1.58 bits per heavy atom. The zero-order valence-electron chi connectivity index (χ0n) is 12.5. The molecule has 0 amide bonds. The smallest absolute Gasteiger partial charge is 0.338 e. The highest BCUT2D eigenvalue weighted by atomic mass is 35.5. The molecular formula is C15H12Cl3NO4S. The van der Waals surface area contributed by atoms with Crippen molar-refractivity contribution in [2.75, 3.05) is 4.72 Å². The van der Waals surface area contributed by atoms with Crippen molar-refractivity contribution in [3.8, 4) is 0 Å². The van der Waals surface area contributed by atoms with Crippen molar-refractivity contribution in [3.05, 3.63) is 56.0 Å². The second-order valence-electron chi connectivity index (χ2n) is 5.07. The Balaban J connectivity index is 2.57. The van der Waals surface area contributed by atoms with E-state index in [-0.39, 0.29) is 31.2 Å². The second kappa shape index (κ2) is 6.80. The predicted molar refractivity (Wildman–Crippen MR) is 95.2 cm³/mol. The van der Waals surface area contributed by atoms with Crippen LogP contribution in [0, 0.1) is 13.8 Å². The molecule has 2 aromatic rings. The fourth-order valence-corrected chi connectivity index (χ4v) is 4.09. The number of nitrogens with one attached hydrogen (secondary N) is 1. The number of carboxylic acids is 1. The van der Waals surface area contributed by atoms with Gasteiger partial charge in [-0.1, -0.05) is 34.8 Å². The lowest BCUT2D eigenvalue weighted by Gasteiger charge is -2.14. The Kier molecular flexibility index (Phi) is 5.34. The first-order valence-electron chi connectivity index (χ1n) is 6.55. The van der Waals surface area contributed by atoms with Crippen LogP contribution in [0.4, 0.5) is 5.69 Å². The summed E-state index contributed by atoms with van der Waals surface area (Å²) in [7, 11) is -4.11. The molecule has 24 heavy (non-hydrogen) atoms. The monoisotopic (exact) mass is 407 g/mol. The van der Waals surface area contributed by atoms with Gasteiger partial charge in [0, 0.05) is 15.1 Å². The lowest BCUT2D eigenvalue weighted by molar-refractivity contribution is 0.0697. The quantitative estimate of drug-likeness (QED) is 0.764. The second-order valence-corrected chi connectivity index (χ2v) is 8.00. The SMILES string of the molecule is Cc1cc(Cl)cc(NS(=O)(=O)c2cc(Cl)c(C)c(Cl)c2)c1C(=O)O. The average Bonchev–Trinajstić information content (AvgIpc) is 2.42. The van der Waals surface area contributed by atoms with Crippen LogP contribution in [0.3, 0.4) is 0 Å². The number of aryl methyl sites for hydroxylation is 1. The Hall–Kier alpha value is -1.47. The van der Waals surface area contributed by atoms with Gasteiger partial charge >= 0.3 is 5.97 Å². The number of hydrogen-bond acceptors (Lipinski definition) is 3. The molecule has 128 valence electrons. The van der Waals surface area contributed by atoms with Crippen LogP contribution >= 0.6 is 34.8 Å². The van der Waals surface area contributed by atoms with Crippen molar-refractivity contribution in [1.82, 2.24) is 0 Å². The number of rotatable bonds is 4. The van der Waals surface area contributed by atoms with Crippen molar-refractivity contribution in [3.63, 3.8) is 0 Å². The largest absolute Gasteiger partial charge is 0.478 e. The van der Waals surface area contributed by atoms with Gasteiger partial charge in [-0.15, -0.1) is 0 Å². The molecule has 0 aliphatic carbocycles. The van der Waals surface area contributed by atoms with Crippen LogP contribution in [-0.2, 0) is 10.0 Å². The molecule has 2 aromatic carbocycles. The normalized spacial score (nSPS) is 11.4. The van der Waals surface area contributed by atoms with Crippen LogP contribution < -0.4 is 4.72 Å². The maximum absolute atomic E-state index is 12.6. The van der Waals surface area contributed by atoms with Gasteiger partial charge < -0.3 is 5.11 Å². The maximum atomic E-state index is 12.6. The van der Waals surface area contributed by atoms with Crippen molar-refractivity contribution < 1.29 is 18.3 Å². The summed E-state index contributed by atoms with van der Waals surface area (Å²) in [6.45, 7) is 3.17. The molecule has 0 aliphatic heterocycles. The number of carboxylic acid groups (broad SMARTS) is 1. The predicted octanol–water partition coefficient (Wildman–Crippen LogP) is 4.76. The van der Waals surface area contributed by atoms with Crippen LogP contribution in [0.15, 0.2) is 29.2 Å². The molecule has 0 saturated heterocycles. The zero-order chi connectivity index (χ0) is 18.2. The van der Waals surface area contributed by atoms with E-state index < -0.39 is 16.0 Å². The number of aromatic carboxylic acids is 1. The van der Waals surface area contributed by atoms with E-state index in [9.17, 15) is 18.3 Å². The number of anilines is 1. The molecule has 0 atom stereocenters. The summed E-state index contributed by atoms with van der Waals surface area (Å²) in [6, 6.07) is 5.14. The summed E-state index contributed by atoms with van der Waals surface area (Å²) >= 11 is 17.8. The lowest BCUT2D eigenvalue weighted by Crippen LogP contribution is -2.16. The average molecular weight is 409 g/mol. The molecule has 2 N–H and O–H groups in total. The van der Waals surface area contributed by atoms with Crippen LogP contribution in [0.2, 0.25) is 15.1 Å². The highest BCUT2D eigenvalue weighted by Gasteiger charge is 2.22. The van der Waals surface area contributed by atoms with Gasteiger partial charge in [0.2, 0.25) is 0 Å². The fraction of sp³-hybridized carbons (Fsp3) is 0.133. The molecule has 0 aromatic heterocycles. The maximum Gasteiger partial charge on any atom is 0.338 e. The third-order valence-electron chi connectivity index (χ3n) is 3.32. The molecular weight excluding hydrogens is 397 g/mol. The van der Waals surface area contributed by atoms with Crippen molar-refractivity contribution in [2.24, 2.45) is 0 Å². The molecule has 0 heterocycles. The molecule has 0 spiro atoms. The first kappa shape index (κ1) is 18.9. The summed E-state index contributed by atoms with van der Waals surface area (Å²) in [5, 5.41) is 9.88. The minimum absolute atomic E-state index is 0.139. The van der Waals surface area contributed by atoms with E-state index in [1.54, 1.807) is 6.92 Å². The summed E-state index contributed by atoms with van der Waals surface area (Å²) in [5.74, 6) is -1.28. The molecule has 0 fully saturated rings. The molecule has 0 unspecified atom stereocenters. The van der Waals surface area contributed by atoms with E-state index in [1.165, 1.54) is 31.2 Å². The van der Waals surface area contributed by atoms with E-state index in [4.69, 9.17) is 34.8 Å². The van der Waals surface area contributed by atoms with E-state index >= 15 is 0 Å². The van der Waals surface area contributed by atoms with Gasteiger partial charge in [-0.3, -0.25) is 4.72 Å². The number of halogens is 3. The Labute approximate surface area is 154 Å². The fourth-order valence-electron chi connectivity index (χ4n) is 2.09.